The van der Waals surface area contributed by atoms with Crippen molar-refractivity contribution in [2.45, 2.75) is 65.3 Å². The standard InChI is InChI=1S/C15H29F2NO/c1-15(2,3)12-5-4-6-13(8-7-12)18-9-10-19-11-14(16)17/h12-14,18H,4-11H2,1-3H3. The highest BCUT2D eigenvalue weighted by Gasteiger charge is 2.27. The predicted molar refractivity (Wildman–Crippen MR) is 74.6 cm³/mol. The average Bonchev–Trinajstić information content (AvgIpc) is 2.53. The zero-order chi connectivity index (χ0) is 14.3. The molecule has 2 atom stereocenters. The zero-order valence-corrected chi connectivity index (χ0v) is 12.6. The third-order valence-corrected chi connectivity index (χ3v) is 4.12. The minimum atomic E-state index is -2.36. The van der Waals surface area contributed by atoms with Gasteiger partial charge >= 0.3 is 0 Å². The third-order valence-electron chi connectivity index (χ3n) is 4.12. The molecule has 2 unspecified atom stereocenters. The fraction of sp³-hybridized carbons (Fsp3) is 1.00. The van der Waals surface area contributed by atoms with Crippen molar-refractivity contribution < 1.29 is 13.5 Å². The van der Waals surface area contributed by atoms with E-state index in [2.05, 4.69) is 26.1 Å². The van der Waals surface area contributed by atoms with Crippen molar-refractivity contribution in [3.05, 3.63) is 0 Å². The highest BCUT2D eigenvalue weighted by molar-refractivity contribution is 4.81. The van der Waals surface area contributed by atoms with Gasteiger partial charge in [0.2, 0.25) is 0 Å². The van der Waals surface area contributed by atoms with E-state index in [9.17, 15) is 8.78 Å². The summed E-state index contributed by atoms with van der Waals surface area (Å²) < 4.78 is 28.6. The minimum absolute atomic E-state index is 0.379. The molecule has 0 aromatic rings. The van der Waals surface area contributed by atoms with Gasteiger partial charge in [0.15, 0.2) is 0 Å². The summed E-state index contributed by atoms with van der Waals surface area (Å²) in [5.41, 5.74) is 0.398. The van der Waals surface area contributed by atoms with Crippen molar-refractivity contribution >= 4 is 0 Å². The topological polar surface area (TPSA) is 21.3 Å². The summed E-state index contributed by atoms with van der Waals surface area (Å²) in [6.45, 7) is 7.58. The number of hydrogen-bond donors (Lipinski definition) is 1. The second kappa shape index (κ2) is 8.15. The van der Waals surface area contributed by atoms with E-state index < -0.39 is 13.0 Å². The lowest BCUT2D eigenvalue weighted by atomic mass is 9.76. The summed E-state index contributed by atoms with van der Waals surface area (Å²) in [5.74, 6) is 0.800. The van der Waals surface area contributed by atoms with Crippen LogP contribution in [0.1, 0.15) is 52.9 Å². The molecule has 0 heterocycles. The molecular formula is C15H29F2NO. The number of hydrogen-bond acceptors (Lipinski definition) is 2. The molecule has 1 fully saturated rings. The maximum Gasteiger partial charge on any atom is 0.261 e. The fourth-order valence-electron chi connectivity index (χ4n) is 2.88. The van der Waals surface area contributed by atoms with Crippen LogP contribution in [0.2, 0.25) is 0 Å². The Morgan fingerprint density at radius 2 is 1.89 bits per heavy atom. The molecule has 0 spiro atoms. The molecule has 19 heavy (non-hydrogen) atoms. The van der Waals surface area contributed by atoms with Gasteiger partial charge in [-0.3, -0.25) is 0 Å². The van der Waals surface area contributed by atoms with Crippen LogP contribution in [0.3, 0.4) is 0 Å². The predicted octanol–water partition coefficient (Wildman–Crippen LogP) is 3.85. The van der Waals surface area contributed by atoms with Crippen molar-refractivity contribution in [2.24, 2.45) is 11.3 Å². The van der Waals surface area contributed by atoms with E-state index in [4.69, 9.17) is 4.74 Å². The van der Waals surface area contributed by atoms with Crippen LogP contribution in [0, 0.1) is 11.3 Å². The van der Waals surface area contributed by atoms with Crippen LogP contribution in [-0.2, 0) is 4.74 Å². The Bertz CT molecular complexity index is 241. The van der Waals surface area contributed by atoms with Gasteiger partial charge in [-0.1, -0.05) is 27.2 Å². The summed E-state index contributed by atoms with van der Waals surface area (Å²) in [7, 11) is 0. The van der Waals surface area contributed by atoms with Crippen molar-refractivity contribution in [1.29, 1.82) is 0 Å². The molecule has 0 aromatic carbocycles. The fourth-order valence-corrected chi connectivity index (χ4v) is 2.88. The summed E-state index contributed by atoms with van der Waals surface area (Å²) in [6, 6.07) is 0.530. The molecule has 0 saturated heterocycles. The van der Waals surface area contributed by atoms with Crippen LogP contribution < -0.4 is 5.32 Å². The second-order valence-electron chi connectivity index (χ2n) is 6.69. The number of ether oxygens (including phenoxy) is 1. The first-order valence-electron chi connectivity index (χ1n) is 7.49. The van der Waals surface area contributed by atoms with Gasteiger partial charge in [-0.15, -0.1) is 0 Å². The van der Waals surface area contributed by atoms with Crippen molar-refractivity contribution in [3.63, 3.8) is 0 Å². The van der Waals surface area contributed by atoms with E-state index in [0.29, 0.717) is 24.6 Å². The molecule has 0 bridgehead atoms. The first-order valence-corrected chi connectivity index (χ1v) is 7.49. The number of rotatable bonds is 6. The maximum absolute atomic E-state index is 11.9. The van der Waals surface area contributed by atoms with Gasteiger partial charge in [0.25, 0.3) is 6.43 Å². The summed E-state index contributed by atoms with van der Waals surface area (Å²) in [6.07, 6.45) is 3.86. The van der Waals surface area contributed by atoms with Crippen LogP contribution >= 0.6 is 0 Å². The zero-order valence-electron chi connectivity index (χ0n) is 12.6. The monoisotopic (exact) mass is 277 g/mol. The van der Waals surface area contributed by atoms with Gasteiger partial charge in [-0.25, -0.2) is 8.78 Å². The average molecular weight is 277 g/mol. The Morgan fingerprint density at radius 3 is 2.53 bits per heavy atom. The van der Waals surface area contributed by atoms with Crippen molar-refractivity contribution in [1.82, 2.24) is 5.32 Å². The number of halogens is 2. The Morgan fingerprint density at radius 1 is 1.16 bits per heavy atom. The molecule has 114 valence electrons. The van der Waals surface area contributed by atoms with Gasteiger partial charge in [-0.2, -0.15) is 0 Å². The van der Waals surface area contributed by atoms with Gasteiger partial charge in [0, 0.05) is 12.6 Å². The lowest BCUT2D eigenvalue weighted by molar-refractivity contribution is 0.0181. The van der Waals surface area contributed by atoms with Gasteiger partial charge in [-0.05, 0) is 37.0 Å². The smallest absolute Gasteiger partial charge is 0.261 e. The van der Waals surface area contributed by atoms with Crippen LogP contribution in [0.5, 0.6) is 0 Å². The summed E-state index contributed by atoms with van der Waals surface area (Å²) >= 11 is 0. The minimum Gasteiger partial charge on any atom is -0.374 e. The molecule has 4 heteroatoms. The van der Waals surface area contributed by atoms with Crippen molar-refractivity contribution in [2.75, 3.05) is 19.8 Å². The second-order valence-corrected chi connectivity index (χ2v) is 6.69. The Balaban J connectivity index is 2.15. The Labute approximate surface area is 116 Å². The van der Waals surface area contributed by atoms with Crippen LogP contribution in [0.15, 0.2) is 0 Å². The Hall–Kier alpha value is -0.220. The molecule has 1 aliphatic carbocycles. The first kappa shape index (κ1) is 16.8. The molecule has 1 rings (SSSR count). The largest absolute Gasteiger partial charge is 0.374 e. The van der Waals surface area contributed by atoms with E-state index in [0.717, 1.165) is 5.92 Å². The van der Waals surface area contributed by atoms with E-state index in [1.165, 1.54) is 32.1 Å². The van der Waals surface area contributed by atoms with Crippen LogP contribution in [-0.4, -0.2) is 32.2 Å². The molecule has 2 nitrogen and oxygen atoms in total. The maximum atomic E-state index is 11.9. The summed E-state index contributed by atoms with van der Waals surface area (Å²) in [4.78, 5) is 0. The molecule has 1 aliphatic rings. The highest BCUT2D eigenvalue weighted by atomic mass is 19.3. The van der Waals surface area contributed by atoms with E-state index in [-0.39, 0.29) is 0 Å². The molecular weight excluding hydrogens is 248 g/mol. The molecule has 0 aliphatic heterocycles. The molecule has 0 amide bonds. The van der Waals surface area contributed by atoms with Gasteiger partial charge in [0.1, 0.15) is 6.61 Å². The van der Waals surface area contributed by atoms with Gasteiger partial charge < -0.3 is 10.1 Å². The van der Waals surface area contributed by atoms with Crippen LogP contribution in [0.25, 0.3) is 0 Å². The van der Waals surface area contributed by atoms with E-state index >= 15 is 0 Å². The lowest BCUT2D eigenvalue weighted by Crippen LogP contribution is -2.32. The molecule has 0 aromatic heterocycles. The first-order chi connectivity index (χ1) is 8.89. The summed E-state index contributed by atoms with van der Waals surface area (Å²) in [5, 5.41) is 3.44. The number of nitrogens with one attached hydrogen (secondary N) is 1. The van der Waals surface area contributed by atoms with Crippen molar-refractivity contribution in [3.8, 4) is 0 Å². The third kappa shape index (κ3) is 7.21. The number of alkyl halides is 2. The van der Waals surface area contributed by atoms with E-state index in [1.807, 2.05) is 0 Å². The van der Waals surface area contributed by atoms with Gasteiger partial charge in [0.05, 0.1) is 6.61 Å². The molecule has 1 N–H and O–H groups in total. The molecule has 0 radical (unpaired) electrons. The highest BCUT2D eigenvalue weighted by Crippen LogP contribution is 2.36. The lowest BCUT2D eigenvalue weighted by Gasteiger charge is -2.29. The normalized spacial score (nSPS) is 25.6. The SMILES string of the molecule is CC(C)(C)C1CCCC(NCCOCC(F)F)CC1. The Kier molecular flexibility index (Phi) is 7.22. The van der Waals surface area contributed by atoms with E-state index in [1.54, 1.807) is 0 Å². The van der Waals surface area contributed by atoms with Crippen LogP contribution in [0.4, 0.5) is 8.78 Å². The quantitative estimate of drug-likeness (QED) is 0.588. The molecule has 1 saturated carbocycles.